The number of nitro groups is 1. The molecule has 1 saturated carbocycles. The number of aryl methyl sites for hydroxylation is 1. The summed E-state index contributed by atoms with van der Waals surface area (Å²) in [5.74, 6) is 1.94. The quantitative estimate of drug-likeness (QED) is 0.435. The van der Waals surface area contributed by atoms with Crippen LogP contribution in [0.4, 0.5) is 5.82 Å². The van der Waals surface area contributed by atoms with Gasteiger partial charge in [0.15, 0.2) is 5.82 Å². The molecule has 0 N–H and O–H groups in total. The highest BCUT2D eigenvalue weighted by atomic mass is 16.6. The van der Waals surface area contributed by atoms with Gasteiger partial charge in [0, 0.05) is 12.8 Å². The van der Waals surface area contributed by atoms with Crippen LogP contribution in [0.5, 0.6) is 0 Å². The average Bonchev–Trinajstić information content (AvgIpc) is 2.90. The zero-order valence-corrected chi connectivity index (χ0v) is 9.04. The fourth-order valence-electron chi connectivity index (χ4n) is 3.03. The van der Waals surface area contributed by atoms with Crippen molar-refractivity contribution >= 4 is 5.82 Å². The Morgan fingerprint density at radius 2 is 2.31 bits per heavy atom. The summed E-state index contributed by atoms with van der Waals surface area (Å²) in [6.07, 6.45) is 7.95. The number of nitrogens with zero attached hydrogens (tertiary/aromatic N) is 3. The highest BCUT2D eigenvalue weighted by Gasteiger charge is 2.42. The van der Waals surface area contributed by atoms with Crippen molar-refractivity contribution in [2.24, 2.45) is 11.8 Å². The first-order valence-electron chi connectivity index (χ1n) is 5.53. The Morgan fingerprint density at radius 3 is 2.88 bits per heavy atom. The zero-order chi connectivity index (χ0) is 11.3. The minimum absolute atomic E-state index is 0.128. The van der Waals surface area contributed by atoms with Gasteiger partial charge in [0.2, 0.25) is 0 Å². The van der Waals surface area contributed by atoms with Gasteiger partial charge in [-0.2, -0.15) is 0 Å². The van der Waals surface area contributed by atoms with E-state index >= 15 is 0 Å². The lowest BCUT2D eigenvalue weighted by molar-refractivity contribution is -0.392. The van der Waals surface area contributed by atoms with Crippen molar-refractivity contribution in [1.82, 2.24) is 9.55 Å². The average molecular weight is 219 g/mol. The molecule has 1 heterocycles. The van der Waals surface area contributed by atoms with E-state index in [1.54, 1.807) is 4.57 Å². The van der Waals surface area contributed by atoms with Crippen LogP contribution in [-0.4, -0.2) is 14.5 Å². The Hall–Kier alpha value is -1.65. The van der Waals surface area contributed by atoms with Crippen LogP contribution in [0, 0.1) is 28.9 Å². The molecule has 1 aromatic heterocycles. The van der Waals surface area contributed by atoms with Crippen LogP contribution in [0.15, 0.2) is 18.3 Å². The van der Waals surface area contributed by atoms with E-state index in [0.717, 1.165) is 18.7 Å². The van der Waals surface area contributed by atoms with Gasteiger partial charge in [-0.3, -0.25) is 0 Å². The van der Waals surface area contributed by atoms with E-state index in [0.29, 0.717) is 11.8 Å². The summed E-state index contributed by atoms with van der Waals surface area (Å²) in [7, 11) is 0. The van der Waals surface area contributed by atoms with Crippen molar-refractivity contribution in [3.8, 4) is 0 Å². The fraction of sp³-hybridized carbons (Fsp3) is 0.545. The van der Waals surface area contributed by atoms with Crippen LogP contribution >= 0.6 is 0 Å². The SMILES string of the molecule is Cc1ncc([N+](=O)[O-])n1C1CC2C=CC1C2. The first kappa shape index (κ1) is 9.57. The predicted molar refractivity (Wildman–Crippen MR) is 58.0 cm³/mol. The Labute approximate surface area is 92.9 Å². The third-order valence-electron chi connectivity index (χ3n) is 3.72. The number of aromatic nitrogens is 2. The molecule has 2 aliphatic carbocycles. The molecule has 0 amide bonds. The molecular weight excluding hydrogens is 206 g/mol. The lowest BCUT2D eigenvalue weighted by Crippen LogP contribution is -2.17. The van der Waals surface area contributed by atoms with Crippen molar-refractivity contribution in [2.45, 2.75) is 25.8 Å². The van der Waals surface area contributed by atoms with Crippen molar-refractivity contribution in [3.05, 3.63) is 34.3 Å². The van der Waals surface area contributed by atoms with Gasteiger partial charge in [0.05, 0.1) is 0 Å². The highest BCUT2D eigenvalue weighted by Crippen LogP contribution is 2.47. The van der Waals surface area contributed by atoms with E-state index in [-0.39, 0.29) is 16.8 Å². The molecule has 0 aliphatic heterocycles. The fourth-order valence-corrected chi connectivity index (χ4v) is 3.03. The standard InChI is InChI=1S/C11H13N3O2/c1-7-12-6-11(14(15)16)13(7)10-5-8-2-3-9(10)4-8/h2-3,6,8-10H,4-5H2,1H3. The van der Waals surface area contributed by atoms with E-state index < -0.39 is 0 Å². The lowest BCUT2D eigenvalue weighted by atomic mass is 10.0. The van der Waals surface area contributed by atoms with Gasteiger partial charge in [-0.05, 0) is 23.7 Å². The maximum Gasteiger partial charge on any atom is 0.343 e. The molecule has 2 aliphatic rings. The second kappa shape index (κ2) is 3.17. The smallest absolute Gasteiger partial charge is 0.343 e. The van der Waals surface area contributed by atoms with Crippen LogP contribution in [-0.2, 0) is 0 Å². The van der Waals surface area contributed by atoms with Crippen molar-refractivity contribution in [3.63, 3.8) is 0 Å². The third-order valence-corrected chi connectivity index (χ3v) is 3.72. The molecule has 1 aromatic rings. The van der Waals surface area contributed by atoms with Crippen LogP contribution in [0.3, 0.4) is 0 Å². The molecule has 3 atom stereocenters. The Balaban J connectivity index is 2.03. The maximum atomic E-state index is 10.9. The molecular formula is C11H13N3O2. The molecule has 1 fully saturated rings. The van der Waals surface area contributed by atoms with Gasteiger partial charge >= 0.3 is 5.82 Å². The van der Waals surface area contributed by atoms with Gasteiger partial charge < -0.3 is 10.1 Å². The van der Waals surface area contributed by atoms with Gasteiger partial charge in [-0.15, -0.1) is 0 Å². The number of rotatable bonds is 2. The van der Waals surface area contributed by atoms with Gasteiger partial charge in [-0.1, -0.05) is 12.2 Å². The predicted octanol–water partition coefficient (Wildman–Crippen LogP) is 2.24. The van der Waals surface area contributed by atoms with Gasteiger partial charge in [0.25, 0.3) is 0 Å². The summed E-state index contributed by atoms with van der Waals surface area (Å²) < 4.78 is 1.80. The summed E-state index contributed by atoms with van der Waals surface area (Å²) in [4.78, 5) is 14.7. The summed E-state index contributed by atoms with van der Waals surface area (Å²) in [6, 6.07) is 0.234. The number of fused-ring (bicyclic) bond motifs is 2. The molecule has 0 radical (unpaired) electrons. The zero-order valence-electron chi connectivity index (χ0n) is 9.04. The van der Waals surface area contributed by atoms with Gasteiger partial charge in [0.1, 0.15) is 12.2 Å². The van der Waals surface area contributed by atoms with Gasteiger partial charge in [-0.25, -0.2) is 9.55 Å². The highest BCUT2D eigenvalue weighted by molar-refractivity contribution is 5.24. The van der Waals surface area contributed by atoms with E-state index in [1.807, 2.05) is 6.92 Å². The summed E-state index contributed by atoms with van der Waals surface area (Å²) in [5, 5.41) is 10.9. The number of hydrogen-bond acceptors (Lipinski definition) is 3. The van der Waals surface area contributed by atoms with Crippen LogP contribution in [0.25, 0.3) is 0 Å². The molecule has 3 rings (SSSR count). The second-order valence-electron chi connectivity index (χ2n) is 4.64. The summed E-state index contributed by atoms with van der Waals surface area (Å²) in [6.45, 7) is 1.84. The normalized spacial score (nSPS) is 31.2. The first-order chi connectivity index (χ1) is 7.66. The topological polar surface area (TPSA) is 61.0 Å². The first-order valence-corrected chi connectivity index (χ1v) is 5.53. The summed E-state index contributed by atoms with van der Waals surface area (Å²) >= 11 is 0. The molecule has 0 spiro atoms. The van der Waals surface area contributed by atoms with Crippen LogP contribution < -0.4 is 0 Å². The van der Waals surface area contributed by atoms with E-state index in [1.165, 1.54) is 6.20 Å². The molecule has 2 bridgehead atoms. The number of imidazole rings is 1. The lowest BCUT2D eigenvalue weighted by Gasteiger charge is -2.17. The summed E-state index contributed by atoms with van der Waals surface area (Å²) in [5.41, 5.74) is 0. The minimum Gasteiger partial charge on any atom is -0.358 e. The van der Waals surface area contributed by atoms with Crippen LogP contribution in [0.2, 0.25) is 0 Å². The van der Waals surface area contributed by atoms with E-state index in [4.69, 9.17) is 0 Å². The molecule has 0 saturated heterocycles. The molecule has 16 heavy (non-hydrogen) atoms. The van der Waals surface area contributed by atoms with Crippen molar-refractivity contribution in [2.75, 3.05) is 0 Å². The van der Waals surface area contributed by atoms with Crippen LogP contribution in [0.1, 0.15) is 24.7 Å². The second-order valence-corrected chi connectivity index (χ2v) is 4.64. The Morgan fingerprint density at radius 1 is 1.50 bits per heavy atom. The third kappa shape index (κ3) is 1.20. The molecule has 0 aromatic carbocycles. The maximum absolute atomic E-state index is 10.9. The number of allylic oxidation sites excluding steroid dienone is 2. The molecule has 3 unspecified atom stereocenters. The van der Waals surface area contributed by atoms with E-state index in [2.05, 4.69) is 17.1 Å². The molecule has 5 heteroatoms. The van der Waals surface area contributed by atoms with Crippen molar-refractivity contribution < 1.29 is 4.92 Å². The minimum atomic E-state index is -0.338. The Bertz CT molecular complexity index is 478. The van der Waals surface area contributed by atoms with Crippen molar-refractivity contribution in [1.29, 1.82) is 0 Å². The largest absolute Gasteiger partial charge is 0.358 e. The monoisotopic (exact) mass is 219 g/mol. The molecule has 5 nitrogen and oxygen atoms in total. The van der Waals surface area contributed by atoms with E-state index in [9.17, 15) is 10.1 Å². The molecule has 84 valence electrons. The Kier molecular flexibility index (Phi) is 1.89. The number of hydrogen-bond donors (Lipinski definition) is 0.